The van der Waals surface area contributed by atoms with Crippen molar-refractivity contribution in [2.45, 2.75) is 32.4 Å². The molecule has 3 rings (SSSR count). The summed E-state index contributed by atoms with van der Waals surface area (Å²) in [6.07, 6.45) is 3.11. The van der Waals surface area contributed by atoms with E-state index in [1.807, 2.05) is 0 Å². The molecule has 0 saturated heterocycles. The number of benzene rings is 1. The molecule has 1 unspecified atom stereocenters. The van der Waals surface area contributed by atoms with Crippen molar-refractivity contribution in [3.05, 3.63) is 35.7 Å². The van der Waals surface area contributed by atoms with E-state index in [1.165, 1.54) is 5.56 Å². The zero-order valence-electron chi connectivity index (χ0n) is 9.93. The minimum absolute atomic E-state index is 0.0186. The van der Waals surface area contributed by atoms with Crippen LogP contribution in [0.5, 0.6) is 0 Å². The summed E-state index contributed by atoms with van der Waals surface area (Å²) in [5.74, 6) is 1.91. The summed E-state index contributed by atoms with van der Waals surface area (Å²) < 4.78 is 2.08. The zero-order valence-corrected chi connectivity index (χ0v) is 9.93. The maximum atomic E-state index is 6.14. The van der Waals surface area contributed by atoms with Gasteiger partial charge in [0.25, 0.3) is 0 Å². The largest absolute Gasteiger partial charge is 0.311 e. The third-order valence-corrected chi connectivity index (χ3v) is 3.31. The van der Waals surface area contributed by atoms with Gasteiger partial charge in [-0.05, 0) is 19.8 Å². The van der Waals surface area contributed by atoms with E-state index in [-0.39, 0.29) is 6.17 Å². The summed E-state index contributed by atoms with van der Waals surface area (Å²) in [7, 11) is 0. The molecular formula is C13H16N4. The van der Waals surface area contributed by atoms with Crippen molar-refractivity contribution in [1.82, 2.24) is 14.8 Å². The van der Waals surface area contributed by atoms with Crippen molar-refractivity contribution < 1.29 is 0 Å². The lowest BCUT2D eigenvalue weighted by molar-refractivity contribution is 0.412. The molecule has 1 atom stereocenters. The number of fused-ring (bicyclic) bond motifs is 1. The van der Waals surface area contributed by atoms with Gasteiger partial charge in [0, 0.05) is 12.0 Å². The highest BCUT2D eigenvalue weighted by molar-refractivity contribution is 5.56. The number of aromatic nitrogens is 3. The molecule has 2 N–H and O–H groups in total. The van der Waals surface area contributed by atoms with Crippen LogP contribution in [0.15, 0.2) is 24.3 Å². The van der Waals surface area contributed by atoms with Crippen LogP contribution in [-0.4, -0.2) is 14.8 Å². The van der Waals surface area contributed by atoms with Crippen LogP contribution in [0.25, 0.3) is 11.4 Å². The first-order chi connectivity index (χ1) is 8.25. The molecule has 1 aliphatic rings. The zero-order chi connectivity index (χ0) is 11.8. The van der Waals surface area contributed by atoms with E-state index in [0.29, 0.717) is 0 Å². The van der Waals surface area contributed by atoms with Crippen LogP contribution in [0.2, 0.25) is 0 Å². The fraction of sp³-hybridized carbons (Fsp3) is 0.385. The molecule has 0 bridgehead atoms. The lowest BCUT2D eigenvalue weighted by Gasteiger charge is -2.22. The number of hydrogen-bond acceptors (Lipinski definition) is 3. The van der Waals surface area contributed by atoms with Crippen molar-refractivity contribution in [3.8, 4) is 11.4 Å². The van der Waals surface area contributed by atoms with Crippen LogP contribution in [0, 0.1) is 6.92 Å². The Morgan fingerprint density at radius 1 is 1.24 bits per heavy atom. The smallest absolute Gasteiger partial charge is 0.165 e. The summed E-state index contributed by atoms with van der Waals surface area (Å²) in [5, 5.41) is 8.52. The molecule has 0 amide bonds. The normalized spacial score (nSPS) is 19.1. The van der Waals surface area contributed by atoms with Crippen molar-refractivity contribution in [3.63, 3.8) is 0 Å². The topological polar surface area (TPSA) is 56.7 Å². The first kappa shape index (κ1) is 10.5. The van der Waals surface area contributed by atoms with Crippen LogP contribution >= 0.6 is 0 Å². The van der Waals surface area contributed by atoms with Gasteiger partial charge < -0.3 is 5.73 Å². The van der Waals surface area contributed by atoms with Crippen molar-refractivity contribution in [1.29, 1.82) is 0 Å². The Bertz CT molecular complexity index is 527. The molecule has 0 aliphatic carbocycles. The number of hydrogen-bond donors (Lipinski definition) is 1. The average molecular weight is 228 g/mol. The van der Waals surface area contributed by atoms with Crippen LogP contribution in [0.1, 0.15) is 30.4 Å². The molecule has 1 aliphatic heterocycles. The monoisotopic (exact) mass is 228 g/mol. The molecule has 0 saturated carbocycles. The fourth-order valence-corrected chi connectivity index (χ4v) is 2.34. The maximum absolute atomic E-state index is 6.14. The second-order valence-corrected chi connectivity index (χ2v) is 4.64. The third kappa shape index (κ3) is 1.74. The van der Waals surface area contributed by atoms with Gasteiger partial charge in [-0.15, -0.1) is 10.2 Å². The summed E-state index contributed by atoms with van der Waals surface area (Å²) in [6, 6.07) is 8.33. The highest BCUT2D eigenvalue weighted by Crippen LogP contribution is 2.27. The Morgan fingerprint density at radius 3 is 2.76 bits per heavy atom. The summed E-state index contributed by atoms with van der Waals surface area (Å²) in [6.45, 7) is 2.08. The molecule has 4 heteroatoms. The highest BCUT2D eigenvalue weighted by atomic mass is 15.3. The Labute approximate surface area is 100 Å². The number of nitrogens with two attached hydrogens (primary N) is 1. The Balaban J connectivity index is 2.09. The molecule has 0 radical (unpaired) electrons. The minimum Gasteiger partial charge on any atom is -0.311 e. The van der Waals surface area contributed by atoms with Crippen LogP contribution < -0.4 is 5.73 Å². The molecule has 2 heterocycles. The SMILES string of the molecule is Cc1ccc(-c2nnc3n2C(N)CCC3)cc1. The van der Waals surface area contributed by atoms with Gasteiger partial charge in [-0.2, -0.15) is 0 Å². The van der Waals surface area contributed by atoms with Gasteiger partial charge in [-0.3, -0.25) is 4.57 Å². The van der Waals surface area contributed by atoms with Crippen LogP contribution in [-0.2, 0) is 6.42 Å². The molecule has 17 heavy (non-hydrogen) atoms. The van der Waals surface area contributed by atoms with E-state index in [4.69, 9.17) is 5.73 Å². The van der Waals surface area contributed by atoms with Gasteiger partial charge in [-0.25, -0.2) is 0 Å². The van der Waals surface area contributed by atoms with Gasteiger partial charge in [-0.1, -0.05) is 29.8 Å². The van der Waals surface area contributed by atoms with Crippen molar-refractivity contribution in [2.75, 3.05) is 0 Å². The van der Waals surface area contributed by atoms with E-state index >= 15 is 0 Å². The molecule has 4 nitrogen and oxygen atoms in total. The highest BCUT2D eigenvalue weighted by Gasteiger charge is 2.22. The maximum Gasteiger partial charge on any atom is 0.165 e. The van der Waals surface area contributed by atoms with E-state index in [0.717, 1.165) is 36.5 Å². The first-order valence-electron chi connectivity index (χ1n) is 6.02. The first-order valence-corrected chi connectivity index (χ1v) is 6.02. The molecule has 0 spiro atoms. The predicted octanol–water partition coefficient (Wildman–Crippen LogP) is 2.05. The van der Waals surface area contributed by atoms with E-state index in [1.54, 1.807) is 0 Å². The summed E-state index contributed by atoms with van der Waals surface area (Å²) in [5.41, 5.74) is 8.48. The second-order valence-electron chi connectivity index (χ2n) is 4.64. The summed E-state index contributed by atoms with van der Waals surface area (Å²) in [4.78, 5) is 0. The minimum atomic E-state index is 0.0186. The van der Waals surface area contributed by atoms with Crippen LogP contribution in [0.4, 0.5) is 0 Å². The lowest BCUT2D eigenvalue weighted by Crippen LogP contribution is -2.25. The Kier molecular flexibility index (Phi) is 2.44. The van der Waals surface area contributed by atoms with Gasteiger partial charge in [0.15, 0.2) is 5.82 Å². The lowest BCUT2D eigenvalue weighted by atomic mass is 10.1. The average Bonchev–Trinajstić information content (AvgIpc) is 2.75. The number of rotatable bonds is 1. The summed E-state index contributed by atoms with van der Waals surface area (Å²) >= 11 is 0. The van der Waals surface area contributed by atoms with E-state index in [2.05, 4.69) is 46.0 Å². The molecule has 1 aromatic heterocycles. The third-order valence-electron chi connectivity index (χ3n) is 3.31. The molecule has 0 fully saturated rings. The van der Waals surface area contributed by atoms with Crippen molar-refractivity contribution >= 4 is 0 Å². The van der Waals surface area contributed by atoms with Gasteiger partial charge in [0.2, 0.25) is 0 Å². The number of nitrogens with zero attached hydrogens (tertiary/aromatic N) is 3. The second kappa shape index (κ2) is 3.96. The van der Waals surface area contributed by atoms with Crippen molar-refractivity contribution in [2.24, 2.45) is 5.73 Å². The van der Waals surface area contributed by atoms with E-state index < -0.39 is 0 Å². The Morgan fingerprint density at radius 2 is 2.00 bits per heavy atom. The van der Waals surface area contributed by atoms with Gasteiger partial charge >= 0.3 is 0 Å². The van der Waals surface area contributed by atoms with Gasteiger partial charge in [0.1, 0.15) is 5.82 Å². The Hall–Kier alpha value is -1.68. The van der Waals surface area contributed by atoms with E-state index in [9.17, 15) is 0 Å². The standard InChI is InChI=1S/C13H16N4/c1-9-5-7-10(8-6-9)13-16-15-12-4-2-3-11(14)17(12)13/h5-8,11H,2-4,14H2,1H3. The molecular weight excluding hydrogens is 212 g/mol. The molecule has 2 aromatic rings. The molecule has 1 aromatic carbocycles. The fourth-order valence-electron chi connectivity index (χ4n) is 2.34. The predicted molar refractivity (Wildman–Crippen MR) is 66.4 cm³/mol. The molecule has 88 valence electrons. The van der Waals surface area contributed by atoms with Gasteiger partial charge in [0.05, 0.1) is 6.17 Å². The van der Waals surface area contributed by atoms with Crippen LogP contribution in [0.3, 0.4) is 0 Å². The quantitative estimate of drug-likeness (QED) is 0.812. The number of aryl methyl sites for hydroxylation is 2.